The van der Waals surface area contributed by atoms with Gasteiger partial charge in [0.25, 0.3) is 5.56 Å². The highest BCUT2D eigenvalue weighted by Gasteiger charge is 2.16. The Bertz CT molecular complexity index is 1020. The number of fused-ring (bicyclic) bond motifs is 1. The highest BCUT2D eigenvalue weighted by atomic mass is 35.5. The Morgan fingerprint density at radius 1 is 1.21 bits per heavy atom. The number of nitrogens with zero attached hydrogens (tertiary/aromatic N) is 2. The number of aryl methyl sites for hydroxylation is 2. The Hall–Kier alpha value is -2.37. The van der Waals surface area contributed by atoms with Gasteiger partial charge in [-0.3, -0.25) is 9.20 Å². The molecule has 0 aliphatic carbocycles. The first-order chi connectivity index (χ1) is 13.7. The molecule has 6 heteroatoms. The third-order valence-corrected chi connectivity index (χ3v) is 5.42. The Morgan fingerprint density at radius 3 is 2.69 bits per heavy atom. The van der Waals surface area contributed by atoms with Gasteiger partial charge in [0.1, 0.15) is 5.65 Å². The minimum atomic E-state index is 0. The number of nitrogens with one attached hydrogen (secondary N) is 2. The molecule has 154 valence electrons. The van der Waals surface area contributed by atoms with Gasteiger partial charge in [0.15, 0.2) is 0 Å². The lowest BCUT2D eigenvalue weighted by atomic mass is 10.0. The lowest BCUT2D eigenvalue weighted by Gasteiger charge is -2.14. The molecule has 0 spiro atoms. The van der Waals surface area contributed by atoms with E-state index in [1.54, 1.807) is 4.40 Å². The Balaban J connectivity index is 0.00000240. The number of aromatic nitrogens is 2. The minimum Gasteiger partial charge on any atom is -0.381 e. The summed E-state index contributed by atoms with van der Waals surface area (Å²) in [5.41, 5.74) is 5.44. The molecule has 29 heavy (non-hydrogen) atoms. The third kappa shape index (κ3) is 4.62. The number of unbranched alkanes of at least 4 members (excludes halogenated alkanes) is 1. The van der Waals surface area contributed by atoms with Crippen molar-refractivity contribution in [2.75, 3.05) is 18.4 Å². The van der Waals surface area contributed by atoms with Crippen LogP contribution in [-0.2, 0) is 6.42 Å². The van der Waals surface area contributed by atoms with Gasteiger partial charge in [-0.25, -0.2) is 4.98 Å². The average Bonchev–Trinajstić information content (AvgIpc) is 3.21. The summed E-state index contributed by atoms with van der Waals surface area (Å²) in [7, 11) is 0. The second kappa shape index (κ2) is 9.42. The van der Waals surface area contributed by atoms with Crippen molar-refractivity contribution < 1.29 is 0 Å². The van der Waals surface area contributed by atoms with Gasteiger partial charge in [-0.05, 0) is 62.1 Å². The SMILES string of the molecule is CCCCc1nc2ccc(C)cn2c(=O)c1-c1ccc(N[C@@H]2CCNC2)cc1.Cl. The van der Waals surface area contributed by atoms with E-state index >= 15 is 0 Å². The van der Waals surface area contributed by atoms with Crippen molar-refractivity contribution in [1.29, 1.82) is 0 Å². The summed E-state index contributed by atoms with van der Waals surface area (Å²) in [6, 6.07) is 12.6. The molecule has 1 aliphatic rings. The van der Waals surface area contributed by atoms with E-state index in [2.05, 4.69) is 29.7 Å². The quantitative estimate of drug-likeness (QED) is 0.636. The predicted octanol–water partition coefficient (Wildman–Crippen LogP) is 4.21. The van der Waals surface area contributed by atoms with Gasteiger partial charge in [0.05, 0.1) is 11.3 Å². The fraction of sp³-hybridized carbons (Fsp3) is 0.391. The molecule has 2 aromatic heterocycles. The van der Waals surface area contributed by atoms with E-state index in [9.17, 15) is 4.79 Å². The molecule has 3 aromatic rings. The molecule has 0 unspecified atom stereocenters. The van der Waals surface area contributed by atoms with Gasteiger partial charge < -0.3 is 10.6 Å². The van der Waals surface area contributed by atoms with Crippen LogP contribution in [0.2, 0.25) is 0 Å². The maximum atomic E-state index is 13.3. The number of rotatable bonds is 6. The zero-order valence-electron chi connectivity index (χ0n) is 17.1. The second-order valence-electron chi connectivity index (χ2n) is 7.69. The average molecular weight is 413 g/mol. The van der Waals surface area contributed by atoms with Crippen molar-refractivity contribution in [1.82, 2.24) is 14.7 Å². The third-order valence-electron chi connectivity index (χ3n) is 5.42. The number of anilines is 1. The van der Waals surface area contributed by atoms with Gasteiger partial charge in [0, 0.05) is 24.5 Å². The monoisotopic (exact) mass is 412 g/mol. The van der Waals surface area contributed by atoms with Crippen LogP contribution in [0.5, 0.6) is 0 Å². The van der Waals surface area contributed by atoms with Crippen LogP contribution in [-0.4, -0.2) is 28.5 Å². The van der Waals surface area contributed by atoms with Crippen molar-refractivity contribution >= 4 is 23.7 Å². The Labute approximate surface area is 178 Å². The lowest BCUT2D eigenvalue weighted by molar-refractivity contribution is 0.774. The molecule has 1 aliphatic heterocycles. The fourth-order valence-corrected chi connectivity index (χ4v) is 3.85. The summed E-state index contributed by atoms with van der Waals surface area (Å²) >= 11 is 0. The number of hydrogen-bond acceptors (Lipinski definition) is 4. The first kappa shape index (κ1) is 21.3. The van der Waals surface area contributed by atoms with E-state index in [1.165, 1.54) is 0 Å². The molecule has 0 amide bonds. The first-order valence-electron chi connectivity index (χ1n) is 10.3. The van der Waals surface area contributed by atoms with Crippen LogP contribution in [0.25, 0.3) is 16.8 Å². The maximum Gasteiger partial charge on any atom is 0.266 e. The van der Waals surface area contributed by atoms with Crippen molar-refractivity contribution in [3.63, 3.8) is 0 Å². The van der Waals surface area contributed by atoms with Gasteiger partial charge in [0.2, 0.25) is 0 Å². The molecule has 1 aromatic carbocycles. The standard InChI is InChI=1S/C23H28N4O.ClH/c1-3-4-5-20-22(23(28)27-15-16(2)6-11-21(27)26-20)17-7-9-18(10-8-17)25-19-12-13-24-14-19;/h6-11,15,19,24-25H,3-5,12-14H2,1-2H3;1H/t19-;/m1./s1. The van der Waals surface area contributed by atoms with E-state index < -0.39 is 0 Å². The van der Waals surface area contributed by atoms with E-state index in [0.717, 1.165) is 72.5 Å². The number of hydrogen-bond donors (Lipinski definition) is 2. The van der Waals surface area contributed by atoms with E-state index in [-0.39, 0.29) is 18.0 Å². The molecule has 0 saturated carbocycles. The molecule has 3 heterocycles. The van der Waals surface area contributed by atoms with Crippen LogP contribution in [0.15, 0.2) is 47.4 Å². The van der Waals surface area contributed by atoms with Gasteiger partial charge in [-0.1, -0.05) is 31.5 Å². The van der Waals surface area contributed by atoms with Gasteiger partial charge in [-0.2, -0.15) is 0 Å². The molecule has 1 fully saturated rings. The molecule has 4 rings (SSSR count). The number of halogens is 1. The summed E-state index contributed by atoms with van der Waals surface area (Å²) < 4.78 is 1.68. The minimum absolute atomic E-state index is 0. The van der Waals surface area contributed by atoms with Crippen LogP contribution >= 0.6 is 12.4 Å². The second-order valence-corrected chi connectivity index (χ2v) is 7.69. The van der Waals surface area contributed by atoms with Crippen molar-refractivity contribution in [3.05, 3.63) is 64.2 Å². The molecule has 2 N–H and O–H groups in total. The highest BCUT2D eigenvalue weighted by Crippen LogP contribution is 2.24. The zero-order valence-corrected chi connectivity index (χ0v) is 17.9. The molecule has 0 bridgehead atoms. The summed E-state index contributed by atoms with van der Waals surface area (Å²) in [4.78, 5) is 18.2. The summed E-state index contributed by atoms with van der Waals surface area (Å²) in [5, 5.41) is 6.93. The Kier molecular flexibility index (Phi) is 6.93. The Morgan fingerprint density at radius 2 is 2.00 bits per heavy atom. The topological polar surface area (TPSA) is 58.4 Å². The molecule has 0 radical (unpaired) electrons. The molecule has 5 nitrogen and oxygen atoms in total. The van der Waals surface area contributed by atoms with Crippen molar-refractivity contribution in [2.45, 2.75) is 45.6 Å². The smallest absolute Gasteiger partial charge is 0.266 e. The van der Waals surface area contributed by atoms with Gasteiger partial charge >= 0.3 is 0 Å². The number of benzene rings is 1. The van der Waals surface area contributed by atoms with Crippen LogP contribution in [0.4, 0.5) is 5.69 Å². The van der Waals surface area contributed by atoms with Crippen LogP contribution in [0, 0.1) is 6.92 Å². The maximum absolute atomic E-state index is 13.3. The molecular weight excluding hydrogens is 384 g/mol. The zero-order chi connectivity index (χ0) is 19.5. The van der Waals surface area contributed by atoms with E-state index in [0.29, 0.717) is 6.04 Å². The van der Waals surface area contributed by atoms with Crippen molar-refractivity contribution in [2.24, 2.45) is 0 Å². The van der Waals surface area contributed by atoms with Crippen molar-refractivity contribution in [3.8, 4) is 11.1 Å². The van der Waals surface area contributed by atoms with Gasteiger partial charge in [-0.15, -0.1) is 12.4 Å². The fourth-order valence-electron chi connectivity index (χ4n) is 3.85. The molecule has 1 saturated heterocycles. The highest BCUT2D eigenvalue weighted by molar-refractivity contribution is 5.85. The van der Waals surface area contributed by atoms with Crippen LogP contribution in [0.3, 0.4) is 0 Å². The van der Waals surface area contributed by atoms with E-state index in [4.69, 9.17) is 4.98 Å². The molecular formula is C23H29ClN4O. The molecule has 1 atom stereocenters. The predicted molar refractivity (Wildman–Crippen MR) is 122 cm³/mol. The normalized spacial score (nSPS) is 16.0. The summed E-state index contributed by atoms with van der Waals surface area (Å²) in [6.45, 7) is 6.22. The van der Waals surface area contributed by atoms with E-state index in [1.807, 2.05) is 37.4 Å². The first-order valence-corrected chi connectivity index (χ1v) is 10.3. The number of pyridine rings is 1. The summed E-state index contributed by atoms with van der Waals surface area (Å²) in [6.07, 6.45) is 5.93. The lowest BCUT2D eigenvalue weighted by Crippen LogP contribution is -2.22. The summed E-state index contributed by atoms with van der Waals surface area (Å²) in [5.74, 6) is 0. The van der Waals surface area contributed by atoms with Crippen LogP contribution < -0.4 is 16.2 Å². The largest absolute Gasteiger partial charge is 0.381 e. The van der Waals surface area contributed by atoms with Crippen LogP contribution in [0.1, 0.15) is 37.4 Å².